The predicted octanol–water partition coefficient (Wildman–Crippen LogP) is 5.98. The number of hydrogen-bond donors (Lipinski definition) is 3. The minimum atomic E-state index is -0.169. The van der Waals surface area contributed by atoms with Crippen LogP contribution in [0.1, 0.15) is 42.3 Å². The van der Waals surface area contributed by atoms with Gasteiger partial charge in [-0.05, 0) is 52.9 Å². The zero-order chi connectivity index (χ0) is 28.3. The molecule has 3 N–H and O–H groups in total. The number of anilines is 3. The molecule has 2 aromatic heterocycles. The van der Waals surface area contributed by atoms with Crippen LogP contribution >= 0.6 is 0 Å². The van der Waals surface area contributed by atoms with E-state index in [2.05, 4.69) is 41.7 Å². The molecule has 0 atom stereocenters. The number of nitrogens with one attached hydrogen (secondary N) is 3. The van der Waals surface area contributed by atoms with Crippen LogP contribution in [-0.2, 0) is 16.6 Å². The van der Waals surface area contributed by atoms with Crippen LogP contribution < -0.4 is 16.0 Å². The van der Waals surface area contributed by atoms with E-state index in [1.54, 1.807) is 13.2 Å². The van der Waals surface area contributed by atoms with Gasteiger partial charge in [0.2, 0.25) is 5.91 Å². The highest BCUT2D eigenvalue weighted by Crippen LogP contribution is 2.27. The standard InChI is InChI=1S/C32H32N6O2/c1-32(2,3)24-12-10-22(11-13-24)31(40)36-26-7-5-6-23(19-26)27-20-38-17-16-34-30(38)29(37-27)35-25-14-8-21(9-15-25)18-28(39)33-4/h5-17,19-20H,18H2,1-4H3,(H,33,39)(H,35,37)(H,36,40). The number of imidazole rings is 1. The largest absolute Gasteiger partial charge is 0.359 e. The van der Waals surface area contributed by atoms with Crippen molar-refractivity contribution in [3.63, 3.8) is 0 Å². The lowest BCUT2D eigenvalue weighted by molar-refractivity contribution is -0.119. The first-order chi connectivity index (χ1) is 19.2. The summed E-state index contributed by atoms with van der Waals surface area (Å²) >= 11 is 0. The fraction of sp³-hybridized carbons (Fsp3) is 0.188. The molecule has 0 saturated heterocycles. The van der Waals surface area contributed by atoms with Gasteiger partial charge in [0, 0.05) is 48.1 Å². The molecule has 8 heteroatoms. The van der Waals surface area contributed by atoms with E-state index in [1.807, 2.05) is 89.6 Å². The smallest absolute Gasteiger partial charge is 0.255 e. The quantitative estimate of drug-likeness (QED) is 0.240. The zero-order valence-corrected chi connectivity index (χ0v) is 23.0. The molecule has 0 spiro atoms. The monoisotopic (exact) mass is 532 g/mol. The Morgan fingerprint density at radius 3 is 2.38 bits per heavy atom. The second-order valence-electron chi connectivity index (χ2n) is 10.7. The summed E-state index contributed by atoms with van der Waals surface area (Å²) in [6, 6.07) is 23.0. The van der Waals surface area contributed by atoms with Gasteiger partial charge in [0.25, 0.3) is 5.91 Å². The van der Waals surface area contributed by atoms with Crippen molar-refractivity contribution in [2.45, 2.75) is 32.6 Å². The summed E-state index contributed by atoms with van der Waals surface area (Å²) in [6.45, 7) is 6.44. The summed E-state index contributed by atoms with van der Waals surface area (Å²) in [7, 11) is 1.63. The van der Waals surface area contributed by atoms with Crippen LogP contribution in [-0.4, -0.2) is 33.2 Å². The molecule has 5 aromatic rings. The number of amides is 2. The van der Waals surface area contributed by atoms with E-state index in [0.717, 1.165) is 22.5 Å². The van der Waals surface area contributed by atoms with E-state index in [9.17, 15) is 9.59 Å². The lowest BCUT2D eigenvalue weighted by Gasteiger charge is -2.19. The molecule has 0 aliphatic carbocycles. The van der Waals surface area contributed by atoms with Crippen molar-refractivity contribution in [3.8, 4) is 11.3 Å². The number of nitrogens with zero attached hydrogens (tertiary/aromatic N) is 3. The average Bonchev–Trinajstić information content (AvgIpc) is 3.43. The van der Waals surface area contributed by atoms with Gasteiger partial charge in [0.1, 0.15) is 0 Å². The lowest BCUT2D eigenvalue weighted by Crippen LogP contribution is -2.19. The maximum absolute atomic E-state index is 12.9. The van der Waals surface area contributed by atoms with E-state index in [-0.39, 0.29) is 17.2 Å². The fourth-order valence-corrected chi connectivity index (χ4v) is 4.35. The van der Waals surface area contributed by atoms with E-state index in [1.165, 1.54) is 5.56 Å². The van der Waals surface area contributed by atoms with Crippen LogP contribution in [0.2, 0.25) is 0 Å². The molecular weight excluding hydrogens is 500 g/mol. The van der Waals surface area contributed by atoms with Crippen LogP contribution in [0.25, 0.3) is 16.9 Å². The van der Waals surface area contributed by atoms with E-state index in [4.69, 9.17) is 4.98 Å². The predicted molar refractivity (Wildman–Crippen MR) is 159 cm³/mol. The minimum Gasteiger partial charge on any atom is -0.359 e. The number of likely N-dealkylation sites (N-methyl/N-ethyl adjacent to an activating group) is 1. The Balaban J connectivity index is 1.37. The van der Waals surface area contributed by atoms with Crippen molar-refractivity contribution in [1.82, 2.24) is 19.7 Å². The van der Waals surface area contributed by atoms with Crippen LogP contribution in [0.15, 0.2) is 91.4 Å². The molecule has 2 heterocycles. The lowest BCUT2D eigenvalue weighted by atomic mass is 9.87. The number of hydrogen-bond acceptors (Lipinski definition) is 5. The molecule has 3 aromatic carbocycles. The molecule has 0 fully saturated rings. The number of carbonyl (C=O) groups is 2. The Morgan fingerprint density at radius 1 is 0.925 bits per heavy atom. The SMILES string of the molecule is CNC(=O)Cc1ccc(Nc2nc(-c3cccc(NC(=O)c4ccc(C(C)(C)C)cc4)c3)cn3ccnc23)cc1. The van der Waals surface area contributed by atoms with Crippen LogP contribution in [0, 0.1) is 0 Å². The Kier molecular flexibility index (Phi) is 7.33. The second kappa shape index (κ2) is 11.0. The van der Waals surface area contributed by atoms with Crippen molar-refractivity contribution in [2.24, 2.45) is 0 Å². The molecule has 2 amide bonds. The summed E-state index contributed by atoms with van der Waals surface area (Å²) < 4.78 is 1.91. The summed E-state index contributed by atoms with van der Waals surface area (Å²) in [4.78, 5) is 33.9. The fourth-order valence-electron chi connectivity index (χ4n) is 4.35. The molecular formula is C32H32N6O2. The van der Waals surface area contributed by atoms with Crippen LogP contribution in [0.4, 0.5) is 17.2 Å². The minimum absolute atomic E-state index is 0.0244. The highest BCUT2D eigenvalue weighted by Gasteiger charge is 2.15. The molecule has 0 radical (unpaired) electrons. The third-order valence-electron chi connectivity index (χ3n) is 6.66. The van der Waals surface area contributed by atoms with Gasteiger partial charge in [-0.1, -0.05) is 57.2 Å². The number of rotatable bonds is 7. The molecule has 0 aliphatic heterocycles. The normalized spacial score (nSPS) is 11.3. The average molecular weight is 533 g/mol. The summed E-state index contributed by atoms with van der Waals surface area (Å²) in [5.74, 6) is 0.388. The van der Waals surface area contributed by atoms with Crippen molar-refractivity contribution >= 4 is 34.7 Å². The Hall–Kier alpha value is -4.98. The first-order valence-electron chi connectivity index (χ1n) is 13.1. The van der Waals surface area contributed by atoms with Gasteiger partial charge in [0.15, 0.2) is 11.5 Å². The van der Waals surface area contributed by atoms with Crippen molar-refractivity contribution in [3.05, 3.63) is 108 Å². The molecule has 0 unspecified atom stereocenters. The van der Waals surface area contributed by atoms with E-state index in [0.29, 0.717) is 29.1 Å². The first-order valence-corrected chi connectivity index (χ1v) is 13.1. The van der Waals surface area contributed by atoms with Gasteiger partial charge in [-0.3, -0.25) is 9.59 Å². The van der Waals surface area contributed by atoms with Gasteiger partial charge >= 0.3 is 0 Å². The molecule has 0 aliphatic rings. The Morgan fingerprint density at radius 2 is 1.68 bits per heavy atom. The Bertz CT molecular complexity index is 1670. The first kappa shape index (κ1) is 26.6. The van der Waals surface area contributed by atoms with Crippen molar-refractivity contribution < 1.29 is 9.59 Å². The third kappa shape index (κ3) is 6.02. The summed E-state index contributed by atoms with van der Waals surface area (Å²) in [6.07, 6.45) is 5.82. The van der Waals surface area contributed by atoms with Crippen LogP contribution in [0.3, 0.4) is 0 Å². The molecule has 202 valence electrons. The number of aromatic nitrogens is 3. The topological polar surface area (TPSA) is 100 Å². The van der Waals surface area contributed by atoms with Gasteiger partial charge in [-0.25, -0.2) is 9.97 Å². The Labute approximate surface area is 233 Å². The number of carbonyl (C=O) groups excluding carboxylic acids is 2. The molecule has 5 rings (SSSR count). The molecule has 0 saturated carbocycles. The van der Waals surface area contributed by atoms with E-state index < -0.39 is 0 Å². The van der Waals surface area contributed by atoms with Gasteiger partial charge < -0.3 is 20.4 Å². The highest BCUT2D eigenvalue weighted by atomic mass is 16.2. The molecule has 0 bridgehead atoms. The zero-order valence-electron chi connectivity index (χ0n) is 23.0. The summed E-state index contributed by atoms with van der Waals surface area (Å²) in [5.41, 5.74) is 6.47. The molecule has 8 nitrogen and oxygen atoms in total. The van der Waals surface area contributed by atoms with Crippen molar-refractivity contribution in [1.29, 1.82) is 0 Å². The number of fused-ring (bicyclic) bond motifs is 1. The van der Waals surface area contributed by atoms with Crippen LogP contribution in [0.5, 0.6) is 0 Å². The molecule has 40 heavy (non-hydrogen) atoms. The second-order valence-corrected chi connectivity index (χ2v) is 10.7. The highest BCUT2D eigenvalue weighted by molar-refractivity contribution is 6.04. The van der Waals surface area contributed by atoms with Gasteiger partial charge in [0.05, 0.1) is 12.1 Å². The van der Waals surface area contributed by atoms with Crippen molar-refractivity contribution in [2.75, 3.05) is 17.7 Å². The van der Waals surface area contributed by atoms with Gasteiger partial charge in [-0.15, -0.1) is 0 Å². The summed E-state index contributed by atoms with van der Waals surface area (Å²) in [5, 5.41) is 9.00. The van der Waals surface area contributed by atoms with Gasteiger partial charge in [-0.2, -0.15) is 0 Å². The van der Waals surface area contributed by atoms with E-state index >= 15 is 0 Å². The maximum Gasteiger partial charge on any atom is 0.255 e. The third-order valence-corrected chi connectivity index (χ3v) is 6.66. The maximum atomic E-state index is 12.9. The number of benzene rings is 3.